The van der Waals surface area contributed by atoms with E-state index in [1.54, 1.807) is 22.7 Å². The quantitative estimate of drug-likeness (QED) is 0.620. The highest BCUT2D eigenvalue weighted by atomic mass is 19.4. The van der Waals surface area contributed by atoms with Crippen LogP contribution in [0.5, 0.6) is 0 Å². The largest absolute Gasteiger partial charge is 0.418 e. The van der Waals surface area contributed by atoms with Crippen LogP contribution in [-0.4, -0.2) is 80.7 Å². The van der Waals surface area contributed by atoms with E-state index in [-0.39, 0.29) is 50.2 Å². The zero-order valence-corrected chi connectivity index (χ0v) is 21.1. The van der Waals surface area contributed by atoms with Crippen molar-refractivity contribution in [3.63, 3.8) is 0 Å². The van der Waals surface area contributed by atoms with Crippen molar-refractivity contribution < 1.29 is 32.6 Å². The molecule has 0 fully saturated rings. The number of aliphatic hydroxyl groups excluding tert-OH is 1. The van der Waals surface area contributed by atoms with Crippen molar-refractivity contribution in [3.05, 3.63) is 41.7 Å². The summed E-state index contributed by atoms with van der Waals surface area (Å²) in [6.07, 6.45) is -2.68. The summed E-state index contributed by atoms with van der Waals surface area (Å²) in [7, 11) is 1.46. The minimum atomic E-state index is -4.62. The molecule has 0 saturated carbocycles. The van der Waals surface area contributed by atoms with Gasteiger partial charge in [0.15, 0.2) is 0 Å². The van der Waals surface area contributed by atoms with Gasteiger partial charge in [-0.3, -0.25) is 9.48 Å². The van der Waals surface area contributed by atoms with Crippen LogP contribution in [0.2, 0.25) is 0 Å². The SMILES string of the molecule is C[C@@H]1CN([C@@H](C)CO)C(=O)CCCn2cc(nn2)CO[C@H]1CN(C)C(=O)Nc1ccccc1C(F)(F)F. The lowest BCUT2D eigenvalue weighted by atomic mass is 10.0. The van der Waals surface area contributed by atoms with Crippen molar-refractivity contribution >= 4 is 17.6 Å². The van der Waals surface area contributed by atoms with E-state index >= 15 is 0 Å². The summed E-state index contributed by atoms with van der Waals surface area (Å²) >= 11 is 0. The first kappa shape index (κ1) is 28.4. The van der Waals surface area contributed by atoms with Gasteiger partial charge in [0.05, 0.1) is 42.8 Å². The maximum absolute atomic E-state index is 13.3. The Hall–Kier alpha value is -3.19. The average molecular weight is 527 g/mol. The summed E-state index contributed by atoms with van der Waals surface area (Å²) in [6.45, 7) is 4.30. The zero-order valence-electron chi connectivity index (χ0n) is 21.1. The van der Waals surface area contributed by atoms with Gasteiger partial charge >= 0.3 is 12.2 Å². The molecule has 2 bridgehead atoms. The number of carbonyl (C=O) groups excluding carboxylic acids is 2. The number of aromatic nitrogens is 3. The molecule has 204 valence electrons. The van der Waals surface area contributed by atoms with Crippen LogP contribution in [-0.2, 0) is 28.9 Å². The van der Waals surface area contributed by atoms with Gasteiger partial charge in [0, 0.05) is 39.0 Å². The second kappa shape index (κ2) is 12.4. The summed E-state index contributed by atoms with van der Waals surface area (Å²) in [5.41, 5.74) is -0.714. The Kier molecular flexibility index (Phi) is 9.49. The number of hydrogen-bond acceptors (Lipinski definition) is 6. The number of benzene rings is 1. The second-order valence-electron chi connectivity index (χ2n) is 9.33. The Morgan fingerprint density at radius 1 is 1.35 bits per heavy atom. The summed E-state index contributed by atoms with van der Waals surface area (Å²) in [4.78, 5) is 28.6. The third-order valence-corrected chi connectivity index (χ3v) is 6.32. The first-order chi connectivity index (χ1) is 17.5. The summed E-state index contributed by atoms with van der Waals surface area (Å²) < 4.78 is 47.8. The van der Waals surface area contributed by atoms with Crippen molar-refractivity contribution in [1.29, 1.82) is 0 Å². The van der Waals surface area contributed by atoms with Crippen LogP contribution in [0.1, 0.15) is 37.9 Å². The summed E-state index contributed by atoms with van der Waals surface area (Å²) in [5, 5.41) is 20.2. The van der Waals surface area contributed by atoms with Crippen LogP contribution < -0.4 is 5.32 Å². The Labute approximate surface area is 213 Å². The molecule has 0 unspecified atom stereocenters. The van der Waals surface area contributed by atoms with E-state index in [0.717, 1.165) is 6.07 Å². The van der Waals surface area contributed by atoms with Crippen molar-refractivity contribution in [2.75, 3.05) is 32.1 Å². The fourth-order valence-electron chi connectivity index (χ4n) is 4.10. The van der Waals surface area contributed by atoms with E-state index < -0.39 is 29.9 Å². The van der Waals surface area contributed by atoms with Gasteiger partial charge in [0.2, 0.25) is 5.91 Å². The zero-order chi connectivity index (χ0) is 27.2. The lowest BCUT2D eigenvalue weighted by Gasteiger charge is -2.35. The monoisotopic (exact) mass is 526 g/mol. The number of nitrogens with zero attached hydrogens (tertiary/aromatic N) is 5. The van der Waals surface area contributed by atoms with Crippen LogP contribution >= 0.6 is 0 Å². The molecule has 0 saturated heterocycles. The topological polar surface area (TPSA) is 113 Å². The first-order valence-electron chi connectivity index (χ1n) is 12.1. The van der Waals surface area contributed by atoms with Crippen LogP contribution in [0.25, 0.3) is 0 Å². The standard InChI is InChI=1S/C24H33F3N6O4/c1-16-11-33(17(2)14-34)22(35)9-6-10-32-12-18(29-30-32)15-37-21(16)13-31(3)23(36)28-20-8-5-4-7-19(20)24(25,26)27/h4-5,7-8,12,16-17,21,34H,6,9-11,13-15H2,1-3H3,(H,28,36)/t16-,17+,21+/m1/s1. The molecule has 13 heteroatoms. The lowest BCUT2D eigenvalue weighted by Crippen LogP contribution is -2.48. The first-order valence-corrected chi connectivity index (χ1v) is 12.1. The molecule has 1 aromatic heterocycles. The Bertz CT molecular complexity index is 1060. The van der Waals surface area contributed by atoms with Gasteiger partial charge in [-0.2, -0.15) is 13.2 Å². The third kappa shape index (κ3) is 7.65. The van der Waals surface area contributed by atoms with Crippen molar-refractivity contribution in [1.82, 2.24) is 24.8 Å². The van der Waals surface area contributed by atoms with Gasteiger partial charge in [0.25, 0.3) is 0 Å². The fraction of sp³-hybridized carbons (Fsp3) is 0.583. The van der Waals surface area contributed by atoms with Crippen LogP contribution in [0.3, 0.4) is 0 Å². The highest BCUT2D eigenvalue weighted by Gasteiger charge is 2.34. The molecule has 1 aliphatic rings. The number of fused-ring (bicyclic) bond motifs is 2. The number of alkyl halides is 3. The minimum Gasteiger partial charge on any atom is -0.394 e. The summed E-state index contributed by atoms with van der Waals surface area (Å²) in [6, 6.07) is 3.59. The molecule has 2 N–H and O–H groups in total. The molecule has 3 amide bonds. The number of halogens is 3. The number of rotatable bonds is 5. The molecule has 0 radical (unpaired) electrons. The predicted molar refractivity (Wildman–Crippen MR) is 128 cm³/mol. The number of aliphatic hydroxyl groups is 1. The minimum absolute atomic E-state index is 0.0326. The number of amides is 3. The number of likely N-dealkylation sites (N-methyl/N-ethyl adjacent to an activating group) is 1. The smallest absolute Gasteiger partial charge is 0.394 e. The maximum atomic E-state index is 13.3. The van der Waals surface area contributed by atoms with Gasteiger partial charge in [0.1, 0.15) is 5.69 Å². The number of anilines is 1. The lowest BCUT2D eigenvalue weighted by molar-refractivity contribution is -0.137. The van der Waals surface area contributed by atoms with E-state index in [1.807, 2.05) is 6.92 Å². The molecule has 3 rings (SSSR count). The van der Waals surface area contributed by atoms with Crippen molar-refractivity contribution in [2.45, 2.75) is 58.2 Å². The van der Waals surface area contributed by atoms with Crippen LogP contribution in [0.4, 0.5) is 23.7 Å². The maximum Gasteiger partial charge on any atom is 0.418 e. The molecule has 3 atom stereocenters. The van der Waals surface area contributed by atoms with Gasteiger partial charge < -0.3 is 25.0 Å². The molecule has 1 aliphatic heterocycles. The summed E-state index contributed by atoms with van der Waals surface area (Å²) in [5.74, 6) is -0.409. The van der Waals surface area contributed by atoms with Crippen LogP contribution in [0.15, 0.2) is 30.5 Å². The predicted octanol–water partition coefficient (Wildman–Crippen LogP) is 2.99. The molecular formula is C24H33F3N6O4. The highest BCUT2D eigenvalue weighted by Crippen LogP contribution is 2.34. The van der Waals surface area contributed by atoms with E-state index in [9.17, 15) is 27.9 Å². The van der Waals surface area contributed by atoms with Gasteiger partial charge in [-0.05, 0) is 25.5 Å². The van der Waals surface area contributed by atoms with Gasteiger partial charge in [-0.25, -0.2) is 4.79 Å². The Morgan fingerprint density at radius 3 is 2.78 bits per heavy atom. The highest BCUT2D eigenvalue weighted by molar-refractivity contribution is 5.90. The number of aryl methyl sites for hydroxylation is 1. The number of carbonyl (C=O) groups is 2. The second-order valence-corrected chi connectivity index (χ2v) is 9.33. The molecule has 37 heavy (non-hydrogen) atoms. The number of hydrogen-bond donors (Lipinski definition) is 2. The van der Waals surface area contributed by atoms with E-state index in [4.69, 9.17) is 4.74 Å². The number of para-hydroxylation sites is 1. The van der Waals surface area contributed by atoms with Gasteiger partial charge in [-0.1, -0.05) is 24.3 Å². The fourth-order valence-corrected chi connectivity index (χ4v) is 4.10. The molecule has 10 nitrogen and oxygen atoms in total. The molecular weight excluding hydrogens is 493 g/mol. The van der Waals surface area contributed by atoms with Crippen LogP contribution in [0, 0.1) is 5.92 Å². The Balaban J connectivity index is 1.78. The van der Waals surface area contributed by atoms with E-state index in [2.05, 4.69) is 15.6 Å². The molecule has 2 heterocycles. The van der Waals surface area contributed by atoms with Crippen molar-refractivity contribution in [3.8, 4) is 0 Å². The number of urea groups is 1. The third-order valence-electron chi connectivity index (χ3n) is 6.32. The average Bonchev–Trinajstić information content (AvgIpc) is 3.31. The van der Waals surface area contributed by atoms with Crippen molar-refractivity contribution in [2.24, 2.45) is 5.92 Å². The Morgan fingerprint density at radius 2 is 2.08 bits per heavy atom. The van der Waals surface area contributed by atoms with E-state index in [0.29, 0.717) is 18.7 Å². The molecule has 0 aliphatic carbocycles. The number of nitrogens with one attached hydrogen (secondary N) is 1. The number of ether oxygens (including phenoxy) is 1. The van der Waals surface area contributed by atoms with Gasteiger partial charge in [-0.15, -0.1) is 5.10 Å². The molecule has 2 aromatic rings. The molecule has 0 spiro atoms. The van der Waals surface area contributed by atoms with E-state index in [1.165, 1.54) is 30.1 Å². The molecule has 1 aromatic carbocycles. The normalized spacial score (nSPS) is 20.4.